The Morgan fingerprint density at radius 3 is 2.48 bits per heavy atom. The minimum Gasteiger partial charge on any atom is -0.482 e. The Bertz CT molecular complexity index is 720. The number of nitro benzene ring substituents is 1. The Labute approximate surface area is 142 Å². The van der Waals surface area contributed by atoms with Gasteiger partial charge < -0.3 is 10.1 Å². The average molecular weight is 355 g/mol. The minimum absolute atomic E-state index is 0.0738. The molecule has 8 heteroatoms. The highest BCUT2D eigenvalue weighted by Crippen LogP contribution is 2.28. The number of carbonyl (C=O) groups is 1. The lowest BCUT2D eigenvalue weighted by Crippen LogP contribution is -2.28. The quantitative estimate of drug-likeness (QED) is 0.634. The van der Waals surface area contributed by atoms with E-state index in [2.05, 4.69) is 5.32 Å². The predicted molar refractivity (Wildman–Crippen MR) is 86.9 cm³/mol. The van der Waals surface area contributed by atoms with Crippen molar-refractivity contribution in [2.75, 3.05) is 6.61 Å². The molecule has 6 nitrogen and oxygen atoms in total. The third-order valence-electron chi connectivity index (χ3n) is 2.89. The van der Waals surface area contributed by atoms with E-state index < -0.39 is 4.92 Å². The van der Waals surface area contributed by atoms with Crippen LogP contribution in [-0.2, 0) is 11.3 Å². The molecule has 2 rings (SSSR count). The average Bonchev–Trinajstić information content (AvgIpc) is 2.53. The summed E-state index contributed by atoms with van der Waals surface area (Å²) >= 11 is 11.6. The molecule has 0 saturated carbocycles. The standard InChI is InChI=1S/C15H12Cl2N2O4/c16-11-3-1-10(2-4-11)8-18-15(20)9-23-14-6-5-12(19(21)22)7-13(14)17/h1-7H,8-9H2,(H,18,20). The lowest BCUT2D eigenvalue weighted by atomic mass is 10.2. The zero-order valence-electron chi connectivity index (χ0n) is 11.8. The van der Waals surface area contributed by atoms with Crippen LogP contribution in [0.3, 0.4) is 0 Å². The molecule has 0 saturated heterocycles. The van der Waals surface area contributed by atoms with Gasteiger partial charge in [0, 0.05) is 23.7 Å². The molecule has 120 valence electrons. The minimum atomic E-state index is -0.561. The molecule has 0 aliphatic heterocycles. The highest BCUT2D eigenvalue weighted by atomic mass is 35.5. The Kier molecular flexibility index (Phi) is 5.78. The Morgan fingerprint density at radius 2 is 1.87 bits per heavy atom. The van der Waals surface area contributed by atoms with Gasteiger partial charge >= 0.3 is 0 Å². The van der Waals surface area contributed by atoms with Crippen LogP contribution in [0.25, 0.3) is 0 Å². The van der Waals surface area contributed by atoms with Gasteiger partial charge in [0.05, 0.1) is 9.95 Å². The van der Waals surface area contributed by atoms with Crippen LogP contribution in [-0.4, -0.2) is 17.4 Å². The van der Waals surface area contributed by atoms with E-state index in [1.807, 2.05) is 0 Å². The number of rotatable bonds is 6. The third-order valence-corrected chi connectivity index (χ3v) is 3.44. The van der Waals surface area contributed by atoms with Crippen molar-refractivity contribution in [1.29, 1.82) is 0 Å². The zero-order chi connectivity index (χ0) is 16.8. The van der Waals surface area contributed by atoms with Crippen LogP contribution in [0.15, 0.2) is 42.5 Å². The summed E-state index contributed by atoms with van der Waals surface area (Å²) in [5, 5.41) is 14.0. The van der Waals surface area contributed by atoms with Gasteiger partial charge in [0.15, 0.2) is 6.61 Å². The maximum Gasteiger partial charge on any atom is 0.271 e. The fourth-order valence-electron chi connectivity index (χ4n) is 1.72. The molecular formula is C15H12Cl2N2O4. The SMILES string of the molecule is O=C(COc1ccc([N+](=O)[O-])cc1Cl)NCc1ccc(Cl)cc1. The summed E-state index contributed by atoms with van der Waals surface area (Å²) in [4.78, 5) is 21.8. The van der Waals surface area contributed by atoms with Gasteiger partial charge in [-0.1, -0.05) is 35.3 Å². The van der Waals surface area contributed by atoms with Crippen molar-refractivity contribution in [2.24, 2.45) is 0 Å². The zero-order valence-corrected chi connectivity index (χ0v) is 13.3. The molecule has 2 aromatic carbocycles. The highest BCUT2D eigenvalue weighted by Gasteiger charge is 2.11. The molecule has 1 amide bonds. The van der Waals surface area contributed by atoms with Crippen LogP contribution in [0.4, 0.5) is 5.69 Å². The number of nitrogens with one attached hydrogen (secondary N) is 1. The van der Waals surface area contributed by atoms with Crippen LogP contribution in [0.1, 0.15) is 5.56 Å². The number of ether oxygens (including phenoxy) is 1. The normalized spacial score (nSPS) is 10.2. The second-order valence-corrected chi connectivity index (χ2v) is 5.41. The molecule has 0 fully saturated rings. The number of nitrogens with zero attached hydrogens (tertiary/aromatic N) is 1. The molecule has 0 atom stereocenters. The number of amides is 1. The van der Waals surface area contributed by atoms with Gasteiger partial charge in [-0.3, -0.25) is 14.9 Å². The van der Waals surface area contributed by atoms with Gasteiger partial charge in [-0.2, -0.15) is 0 Å². The fourth-order valence-corrected chi connectivity index (χ4v) is 2.07. The monoisotopic (exact) mass is 354 g/mol. The van der Waals surface area contributed by atoms with Crippen molar-refractivity contribution < 1.29 is 14.5 Å². The van der Waals surface area contributed by atoms with Crippen molar-refractivity contribution in [3.05, 3.63) is 68.2 Å². The number of nitro groups is 1. The van der Waals surface area contributed by atoms with Gasteiger partial charge in [0.2, 0.25) is 0 Å². The molecule has 0 bridgehead atoms. The molecule has 0 heterocycles. The first-order chi connectivity index (χ1) is 11.0. The van der Waals surface area contributed by atoms with E-state index in [4.69, 9.17) is 27.9 Å². The first-order valence-electron chi connectivity index (χ1n) is 6.53. The highest BCUT2D eigenvalue weighted by molar-refractivity contribution is 6.32. The van der Waals surface area contributed by atoms with E-state index >= 15 is 0 Å². The molecule has 0 aliphatic carbocycles. The molecule has 2 aromatic rings. The van der Waals surface area contributed by atoms with E-state index in [9.17, 15) is 14.9 Å². The molecule has 1 N–H and O–H groups in total. The van der Waals surface area contributed by atoms with E-state index in [1.54, 1.807) is 24.3 Å². The number of hydrogen-bond donors (Lipinski definition) is 1. The summed E-state index contributed by atoms with van der Waals surface area (Å²) in [5.41, 5.74) is 0.755. The number of hydrogen-bond acceptors (Lipinski definition) is 4. The lowest BCUT2D eigenvalue weighted by molar-refractivity contribution is -0.384. The molecule has 23 heavy (non-hydrogen) atoms. The summed E-state index contributed by atoms with van der Waals surface area (Å²) in [6.07, 6.45) is 0. The van der Waals surface area contributed by atoms with E-state index in [0.717, 1.165) is 5.56 Å². The smallest absolute Gasteiger partial charge is 0.271 e. The maximum atomic E-state index is 11.7. The van der Waals surface area contributed by atoms with Crippen molar-refractivity contribution in [3.63, 3.8) is 0 Å². The van der Waals surface area contributed by atoms with Crippen molar-refractivity contribution in [2.45, 2.75) is 6.54 Å². The van der Waals surface area contributed by atoms with Crippen LogP contribution in [0, 0.1) is 10.1 Å². The van der Waals surface area contributed by atoms with Crippen molar-refractivity contribution in [3.8, 4) is 5.75 Å². The first-order valence-corrected chi connectivity index (χ1v) is 7.29. The summed E-state index contributed by atoms with van der Waals surface area (Å²) in [6, 6.07) is 10.8. The summed E-state index contributed by atoms with van der Waals surface area (Å²) in [5.74, 6) is -0.131. The van der Waals surface area contributed by atoms with Crippen LogP contribution in [0.2, 0.25) is 10.0 Å². The summed E-state index contributed by atoms with van der Waals surface area (Å²) in [7, 11) is 0. The molecule has 0 radical (unpaired) electrons. The van der Waals surface area contributed by atoms with Gasteiger partial charge in [0.1, 0.15) is 5.75 Å². The second kappa shape index (κ2) is 7.80. The second-order valence-electron chi connectivity index (χ2n) is 4.56. The molecule has 0 unspecified atom stereocenters. The third kappa shape index (κ3) is 5.12. The number of carbonyl (C=O) groups excluding carboxylic acids is 1. The van der Waals surface area contributed by atoms with Crippen molar-refractivity contribution >= 4 is 34.8 Å². The van der Waals surface area contributed by atoms with Crippen LogP contribution in [0.5, 0.6) is 5.75 Å². The fraction of sp³-hybridized carbons (Fsp3) is 0.133. The van der Waals surface area contributed by atoms with Gasteiger partial charge in [-0.05, 0) is 23.8 Å². The largest absolute Gasteiger partial charge is 0.482 e. The van der Waals surface area contributed by atoms with Gasteiger partial charge in [0.25, 0.3) is 11.6 Å². The molecule has 0 aliphatic rings. The number of non-ortho nitro benzene ring substituents is 1. The van der Waals surface area contributed by atoms with Gasteiger partial charge in [-0.25, -0.2) is 0 Å². The van der Waals surface area contributed by atoms with Crippen LogP contribution >= 0.6 is 23.2 Å². The predicted octanol–water partition coefficient (Wildman–Crippen LogP) is 3.60. The summed E-state index contributed by atoms with van der Waals surface area (Å²) < 4.78 is 5.25. The van der Waals surface area contributed by atoms with E-state index in [1.165, 1.54) is 18.2 Å². The number of benzene rings is 2. The Hall–Kier alpha value is -2.31. The topological polar surface area (TPSA) is 81.5 Å². The molecular weight excluding hydrogens is 343 g/mol. The maximum absolute atomic E-state index is 11.7. The van der Waals surface area contributed by atoms with E-state index in [-0.39, 0.29) is 29.0 Å². The van der Waals surface area contributed by atoms with Gasteiger partial charge in [-0.15, -0.1) is 0 Å². The lowest BCUT2D eigenvalue weighted by Gasteiger charge is -2.09. The first kappa shape index (κ1) is 17.1. The van der Waals surface area contributed by atoms with E-state index in [0.29, 0.717) is 11.6 Å². The molecule has 0 spiro atoms. The summed E-state index contributed by atoms with van der Waals surface area (Å²) in [6.45, 7) is 0.0957. The Balaban J connectivity index is 1.84. The van der Waals surface area contributed by atoms with Crippen molar-refractivity contribution in [1.82, 2.24) is 5.32 Å². The Morgan fingerprint density at radius 1 is 1.17 bits per heavy atom. The van der Waals surface area contributed by atoms with Crippen LogP contribution < -0.4 is 10.1 Å². The molecule has 0 aromatic heterocycles. The number of halogens is 2.